The number of hydrogen-bond acceptors (Lipinski definition) is 3. The molecule has 1 atom stereocenters. The summed E-state index contributed by atoms with van der Waals surface area (Å²) >= 11 is 0. The molecule has 0 fully saturated rings. The molecule has 90 valence electrons. The smallest absolute Gasteiger partial charge is 0.175 e. The first-order valence-corrected chi connectivity index (χ1v) is 7.16. The van der Waals surface area contributed by atoms with Gasteiger partial charge in [-0.2, -0.15) is 0 Å². The minimum absolute atomic E-state index is 0.0351. The van der Waals surface area contributed by atoms with E-state index in [0.717, 1.165) is 16.7 Å². The zero-order chi connectivity index (χ0) is 12.5. The quantitative estimate of drug-likeness (QED) is 0.874. The molecule has 0 spiro atoms. The molecule has 0 aliphatic heterocycles. The van der Waals surface area contributed by atoms with E-state index in [2.05, 4.69) is 0 Å². The van der Waals surface area contributed by atoms with Crippen LogP contribution in [0, 0.1) is 13.8 Å². The third-order valence-corrected chi connectivity index (χ3v) is 3.81. The third kappa shape index (κ3) is 3.06. The van der Waals surface area contributed by atoms with Gasteiger partial charge >= 0.3 is 0 Å². The maximum absolute atomic E-state index is 11.5. The molecule has 0 heterocycles. The highest BCUT2D eigenvalue weighted by Gasteiger charge is 2.12. The van der Waals surface area contributed by atoms with Crippen LogP contribution in [0.25, 0.3) is 0 Å². The molecule has 1 unspecified atom stereocenters. The summed E-state index contributed by atoms with van der Waals surface area (Å²) in [5.41, 5.74) is 8.90. The Balaban J connectivity index is 3.33. The van der Waals surface area contributed by atoms with Crippen LogP contribution in [-0.4, -0.2) is 20.7 Å². The molecule has 0 amide bonds. The number of benzene rings is 1. The second kappa shape index (κ2) is 4.55. The Morgan fingerprint density at radius 1 is 1.31 bits per heavy atom. The fourth-order valence-corrected chi connectivity index (χ4v) is 2.42. The van der Waals surface area contributed by atoms with Crippen LogP contribution in [-0.2, 0) is 16.3 Å². The molecule has 0 aromatic heterocycles. The number of rotatable bonds is 3. The Kier molecular flexibility index (Phi) is 3.76. The van der Waals surface area contributed by atoms with E-state index in [1.54, 1.807) is 12.1 Å². The van der Waals surface area contributed by atoms with Crippen LogP contribution in [0.5, 0.6) is 0 Å². The fourth-order valence-electron chi connectivity index (χ4n) is 1.67. The van der Waals surface area contributed by atoms with Crippen LogP contribution < -0.4 is 5.73 Å². The largest absolute Gasteiger partial charge is 0.328 e. The molecule has 2 N–H and O–H groups in total. The van der Waals surface area contributed by atoms with E-state index in [-0.39, 0.29) is 6.04 Å². The Hall–Kier alpha value is -0.870. The number of sulfone groups is 1. The van der Waals surface area contributed by atoms with Gasteiger partial charge in [-0.1, -0.05) is 0 Å². The molecule has 3 nitrogen and oxygen atoms in total. The van der Waals surface area contributed by atoms with Gasteiger partial charge in [-0.05, 0) is 56.0 Å². The van der Waals surface area contributed by atoms with Gasteiger partial charge in [0.1, 0.15) is 0 Å². The molecule has 0 saturated carbocycles. The first-order valence-electron chi connectivity index (χ1n) is 5.27. The molecule has 0 radical (unpaired) electrons. The average Bonchev–Trinajstić information content (AvgIpc) is 2.10. The highest BCUT2D eigenvalue weighted by molar-refractivity contribution is 7.90. The zero-order valence-electron chi connectivity index (χ0n) is 10.2. The monoisotopic (exact) mass is 241 g/mol. The van der Waals surface area contributed by atoms with Crippen molar-refractivity contribution in [2.24, 2.45) is 5.73 Å². The summed E-state index contributed by atoms with van der Waals surface area (Å²) in [6.45, 7) is 5.84. The summed E-state index contributed by atoms with van der Waals surface area (Å²) < 4.78 is 23.0. The van der Waals surface area contributed by atoms with Gasteiger partial charge in [-0.25, -0.2) is 8.42 Å². The van der Waals surface area contributed by atoms with Crippen molar-refractivity contribution in [3.63, 3.8) is 0 Å². The normalized spacial score (nSPS) is 13.8. The van der Waals surface area contributed by atoms with Gasteiger partial charge in [-0.15, -0.1) is 0 Å². The molecule has 4 heteroatoms. The predicted molar refractivity (Wildman–Crippen MR) is 66.4 cm³/mol. The van der Waals surface area contributed by atoms with Crippen molar-refractivity contribution in [1.29, 1.82) is 0 Å². The Morgan fingerprint density at radius 2 is 1.88 bits per heavy atom. The van der Waals surface area contributed by atoms with Crippen molar-refractivity contribution in [2.45, 2.75) is 38.1 Å². The van der Waals surface area contributed by atoms with Crippen molar-refractivity contribution in [1.82, 2.24) is 0 Å². The van der Waals surface area contributed by atoms with Crippen LogP contribution in [0.1, 0.15) is 23.6 Å². The van der Waals surface area contributed by atoms with Crippen LogP contribution in [0.4, 0.5) is 0 Å². The van der Waals surface area contributed by atoms with Gasteiger partial charge in [-0.3, -0.25) is 0 Å². The van der Waals surface area contributed by atoms with Crippen molar-refractivity contribution >= 4 is 9.84 Å². The molecule has 1 aromatic carbocycles. The molecular weight excluding hydrogens is 222 g/mol. The highest BCUT2D eigenvalue weighted by atomic mass is 32.2. The minimum atomic E-state index is -3.14. The number of hydrogen-bond donors (Lipinski definition) is 1. The summed E-state index contributed by atoms with van der Waals surface area (Å²) in [6, 6.07) is 3.49. The van der Waals surface area contributed by atoms with E-state index in [1.807, 2.05) is 20.8 Å². The van der Waals surface area contributed by atoms with Crippen molar-refractivity contribution < 1.29 is 8.42 Å². The first-order chi connectivity index (χ1) is 7.21. The maximum Gasteiger partial charge on any atom is 0.175 e. The zero-order valence-corrected chi connectivity index (χ0v) is 11.1. The van der Waals surface area contributed by atoms with Crippen LogP contribution >= 0.6 is 0 Å². The first kappa shape index (κ1) is 13.2. The topological polar surface area (TPSA) is 60.2 Å². The van der Waals surface area contributed by atoms with E-state index in [9.17, 15) is 8.42 Å². The van der Waals surface area contributed by atoms with Gasteiger partial charge in [0.15, 0.2) is 9.84 Å². The van der Waals surface area contributed by atoms with E-state index >= 15 is 0 Å². The summed E-state index contributed by atoms with van der Waals surface area (Å²) in [5.74, 6) is 0. The van der Waals surface area contributed by atoms with Gasteiger partial charge < -0.3 is 5.73 Å². The van der Waals surface area contributed by atoms with Crippen molar-refractivity contribution in [3.8, 4) is 0 Å². The number of nitrogens with two attached hydrogens (primary N) is 1. The lowest BCUT2D eigenvalue weighted by molar-refractivity contribution is 0.601. The molecule has 0 aliphatic carbocycles. The summed E-state index contributed by atoms with van der Waals surface area (Å²) in [6.07, 6.45) is 1.93. The molecular formula is C12H19NO2S. The maximum atomic E-state index is 11.5. The lowest BCUT2D eigenvalue weighted by Gasteiger charge is -2.13. The van der Waals surface area contributed by atoms with E-state index in [4.69, 9.17) is 5.73 Å². The molecule has 0 bridgehead atoms. The van der Waals surface area contributed by atoms with Crippen LogP contribution in [0.15, 0.2) is 17.0 Å². The van der Waals surface area contributed by atoms with E-state index in [1.165, 1.54) is 6.26 Å². The van der Waals surface area contributed by atoms with Crippen molar-refractivity contribution in [3.05, 3.63) is 28.8 Å². The predicted octanol–water partition coefficient (Wildman–Crippen LogP) is 1.60. The summed E-state index contributed by atoms with van der Waals surface area (Å²) in [5, 5.41) is 0. The van der Waals surface area contributed by atoms with Crippen molar-refractivity contribution in [2.75, 3.05) is 6.26 Å². The molecule has 0 saturated heterocycles. The molecule has 0 aliphatic rings. The Labute approximate surface area is 97.6 Å². The summed E-state index contributed by atoms with van der Waals surface area (Å²) in [4.78, 5) is 0.381. The SMILES string of the molecule is Cc1cc(S(C)(=O)=O)cc(CC(C)N)c1C. The molecule has 1 rings (SSSR count). The standard InChI is InChI=1S/C12H19NO2S/c1-8-5-12(16(4,14)15)7-11(10(8)3)6-9(2)13/h5,7,9H,6,13H2,1-4H3. The van der Waals surface area contributed by atoms with Gasteiger partial charge in [0.25, 0.3) is 0 Å². The van der Waals surface area contributed by atoms with Gasteiger partial charge in [0, 0.05) is 12.3 Å². The number of aryl methyl sites for hydroxylation is 1. The van der Waals surface area contributed by atoms with Gasteiger partial charge in [0.2, 0.25) is 0 Å². The van der Waals surface area contributed by atoms with E-state index < -0.39 is 9.84 Å². The van der Waals surface area contributed by atoms with Crippen LogP contribution in [0.2, 0.25) is 0 Å². The van der Waals surface area contributed by atoms with Gasteiger partial charge in [0.05, 0.1) is 4.90 Å². The average molecular weight is 241 g/mol. The van der Waals surface area contributed by atoms with E-state index in [0.29, 0.717) is 11.3 Å². The Bertz CT molecular complexity index is 490. The Morgan fingerprint density at radius 3 is 2.31 bits per heavy atom. The highest BCUT2D eigenvalue weighted by Crippen LogP contribution is 2.20. The molecule has 1 aromatic rings. The lowest BCUT2D eigenvalue weighted by Crippen LogP contribution is -2.19. The van der Waals surface area contributed by atoms with Crippen LogP contribution in [0.3, 0.4) is 0 Å². The fraction of sp³-hybridized carbons (Fsp3) is 0.500. The second-order valence-electron chi connectivity index (χ2n) is 4.48. The third-order valence-electron chi connectivity index (χ3n) is 2.72. The minimum Gasteiger partial charge on any atom is -0.328 e. The summed E-state index contributed by atoms with van der Waals surface area (Å²) in [7, 11) is -3.14. The molecule has 16 heavy (non-hydrogen) atoms. The second-order valence-corrected chi connectivity index (χ2v) is 6.49. The lowest BCUT2D eigenvalue weighted by atomic mass is 9.98.